The molecule has 0 bridgehead atoms. The second-order valence-corrected chi connectivity index (χ2v) is 6.97. The molecule has 0 fully saturated rings. The number of phenols is 1. The Kier molecular flexibility index (Phi) is 3.60. The number of phenolic OH excluding ortho intramolecular Hbond substituents is 1. The number of aromatic nitrogens is 3. The van der Waals surface area contributed by atoms with Gasteiger partial charge in [-0.3, -0.25) is 0 Å². The Bertz CT molecular complexity index is 1240. The summed E-state index contributed by atoms with van der Waals surface area (Å²) < 4.78 is 7.03. The molecule has 0 radical (unpaired) electrons. The normalized spacial score (nSPS) is 15.0. The van der Waals surface area contributed by atoms with Gasteiger partial charge in [0.15, 0.2) is 11.5 Å². The van der Waals surface area contributed by atoms with Crippen molar-refractivity contribution in [1.29, 1.82) is 0 Å². The van der Waals surface area contributed by atoms with E-state index >= 15 is 0 Å². The van der Waals surface area contributed by atoms with Crippen LogP contribution < -0.4 is 15.8 Å². The molecule has 0 saturated carbocycles. The molecule has 7 nitrogen and oxygen atoms in total. The fourth-order valence-corrected chi connectivity index (χ4v) is 3.93. The lowest BCUT2D eigenvalue weighted by molar-refractivity contribution is 0.373. The van der Waals surface area contributed by atoms with Gasteiger partial charge in [-0.2, -0.15) is 0 Å². The molecule has 28 heavy (non-hydrogen) atoms. The predicted molar refractivity (Wildman–Crippen MR) is 108 cm³/mol. The summed E-state index contributed by atoms with van der Waals surface area (Å²) in [6.07, 6.45) is 1.86. The summed E-state index contributed by atoms with van der Waals surface area (Å²) in [5.41, 5.74) is 11.2. The van der Waals surface area contributed by atoms with Crippen molar-refractivity contribution < 1.29 is 9.84 Å². The van der Waals surface area contributed by atoms with Gasteiger partial charge >= 0.3 is 0 Å². The largest absolute Gasteiger partial charge is 0.503 e. The summed E-state index contributed by atoms with van der Waals surface area (Å²) in [5, 5.41) is 18.2. The number of aromatic hydroxyl groups is 1. The van der Waals surface area contributed by atoms with Crippen LogP contribution in [0.5, 0.6) is 11.5 Å². The van der Waals surface area contributed by atoms with E-state index in [0.29, 0.717) is 5.75 Å². The van der Waals surface area contributed by atoms with Crippen LogP contribution in [0.2, 0.25) is 5.02 Å². The van der Waals surface area contributed by atoms with E-state index in [9.17, 15) is 5.11 Å². The Balaban J connectivity index is 1.82. The van der Waals surface area contributed by atoms with E-state index in [2.05, 4.69) is 15.4 Å². The Morgan fingerprint density at radius 2 is 2.07 bits per heavy atom. The maximum atomic E-state index is 10.1. The zero-order valence-corrected chi connectivity index (χ0v) is 15.6. The number of ether oxygens (including phenoxy) is 1. The highest BCUT2D eigenvalue weighted by Gasteiger charge is 2.28. The highest BCUT2D eigenvalue weighted by Crippen LogP contribution is 2.44. The second kappa shape index (κ2) is 6.03. The van der Waals surface area contributed by atoms with Gasteiger partial charge in [-0.05, 0) is 29.8 Å². The summed E-state index contributed by atoms with van der Waals surface area (Å²) >= 11 is 6.25. The number of halogens is 1. The minimum Gasteiger partial charge on any atom is -0.503 e. The molecule has 5 rings (SSSR count). The molecule has 140 valence electrons. The number of benzene rings is 2. The standard InChI is InChI=1S/C20H16ClN5O2/c1-28-15-9-10(8-13(21)19(15)27)16-12-6-7-26-18(12)17(24-20(22)25-26)11-4-2-3-5-14(11)23-16/h2-9,16,23,27H,1H3,(H2,22,25). The molecule has 1 atom stereocenters. The SMILES string of the molecule is COc1cc(C2Nc3ccccc3-c3nc(N)nn4ccc2c34)cc(Cl)c1O. The minimum absolute atomic E-state index is 0.0829. The molecule has 0 amide bonds. The summed E-state index contributed by atoms with van der Waals surface area (Å²) in [5.74, 6) is 0.429. The number of nitrogen functional groups attached to an aromatic ring is 1. The number of methoxy groups -OCH3 is 1. The van der Waals surface area contributed by atoms with Crippen molar-refractivity contribution in [2.45, 2.75) is 6.04 Å². The number of hydrogen-bond acceptors (Lipinski definition) is 6. The number of rotatable bonds is 2. The maximum absolute atomic E-state index is 10.1. The molecule has 4 aromatic rings. The average Bonchev–Trinajstić information content (AvgIpc) is 3.05. The number of para-hydroxylation sites is 1. The van der Waals surface area contributed by atoms with Crippen LogP contribution in [-0.2, 0) is 0 Å². The molecule has 8 heteroatoms. The fraction of sp³-hybridized carbons (Fsp3) is 0.100. The van der Waals surface area contributed by atoms with E-state index in [1.54, 1.807) is 16.6 Å². The summed E-state index contributed by atoms with van der Waals surface area (Å²) in [6, 6.07) is 13.1. The van der Waals surface area contributed by atoms with E-state index in [0.717, 1.165) is 33.6 Å². The van der Waals surface area contributed by atoms with E-state index in [-0.39, 0.29) is 22.8 Å². The first-order valence-electron chi connectivity index (χ1n) is 8.64. The Labute approximate surface area is 165 Å². The Morgan fingerprint density at radius 1 is 1.25 bits per heavy atom. The smallest absolute Gasteiger partial charge is 0.238 e. The number of nitrogens with zero attached hydrogens (tertiary/aromatic N) is 3. The van der Waals surface area contributed by atoms with Gasteiger partial charge in [0.05, 0.1) is 23.7 Å². The summed E-state index contributed by atoms with van der Waals surface area (Å²) in [7, 11) is 1.49. The zero-order chi connectivity index (χ0) is 19.4. The van der Waals surface area contributed by atoms with Crippen LogP contribution in [0.15, 0.2) is 48.7 Å². The van der Waals surface area contributed by atoms with Crippen LogP contribution in [0.25, 0.3) is 16.8 Å². The lowest BCUT2D eigenvalue weighted by atomic mass is 9.99. The first kappa shape index (κ1) is 16.7. The van der Waals surface area contributed by atoms with Crippen molar-refractivity contribution in [1.82, 2.24) is 14.6 Å². The third-order valence-corrected chi connectivity index (χ3v) is 5.24. The van der Waals surface area contributed by atoms with Crippen molar-refractivity contribution in [2.24, 2.45) is 0 Å². The van der Waals surface area contributed by atoms with E-state index < -0.39 is 0 Å². The van der Waals surface area contributed by atoms with Crippen LogP contribution in [0.4, 0.5) is 11.6 Å². The first-order chi connectivity index (χ1) is 13.6. The molecule has 0 aliphatic carbocycles. The molecule has 4 N–H and O–H groups in total. The monoisotopic (exact) mass is 393 g/mol. The highest BCUT2D eigenvalue weighted by atomic mass is 35.5. The highest BCUT2D eigenvalue weighted by molar-refractivity contribution is 6.32. The van der Waals surface area contributed by atoms with Crippen molar-refractivity contribution in [3.05, 3.63) is 64.8 Å². The zero-order valence-electron chi connectivity index (χ0n) is 14.8. The predicted octanol–water partition coefficient (Wildman–Crippen LogP) is 3.86. The van der Waals surface area contributed by atoms with Crippen LogP contribution in [0.3, 0.4) is 0 Å². The van der Waals surface area contributed by atoms with Gasteiger partial charge in [-0.25, -0.2) is 9.50 Å². The van der Waals surface area contributed by atoms with Gasteiger partial charge < -0.3 is 20.9 Å². The average molecular weight is 394 g/mol. The minimum atomic E-state index is -0.258. The van der Waals surface area contributed by atoms with Crippen molar-refractivity contribution in [3.63, 3.8) is 0 Å². The molecule has 2 aromatic heterocycles. The second-order valence-electron chi connectivity index (χ2n) is 6.56. The van der Waals surface area contributed by atoms with E-state index in [1.807, 2.05) is 36.5 Å². The molecule has 0 saturated heterocycles. The Morgan fingerprint density at radius 3 is 2.89 bits per heavy atom. The van der Waals surface area contributed by atoms with Crippen LogP contribution in [0.1, 0.15) is 17.2 Å². The quantitative estimate of drug-likeness (QED) is 0.478. The molecule has 1 unspecified atom stereocenters. The number of nitrogens with one attached hydrogen (secondary N) is 1. The fourth-order valence-electron chi connectivity index (χ4n) is 3.71. The van der Waals surface area contributed by atoms with Gasteiger partial charge in [0.2, 0.25) is 5.95 Å². The lowest BCUT2D eigenvalue weighted by Crippen LogP contribution is -2.11. The Hall–Kier alpha value is -3.45. The van der Waals surface area contributed by atoms with Crippen molar-refractivity contribution >= 4 is 28.8 Å². The number of nitrogens with two attached hydrogens (primary N) is 1. The van der Waals surface area contributed by atoms with Gasteiger partial charge in [-0.1, -0.05) is 29.8 Å². The summed E-state index contributed by atoms with van der Waals surface area (Å²) in [4.78, 5) is 4.51. The molecule has 1 aliphatic rings. The molecular formula is C20H16ClN5O2. The van der Waals surface area contributed by atoms with Gasteiger partial charge in [0.1, 0.15) is 5.69 Å². The first-order valence-corrected chi connectivity index (χ1v) is 9.01. The molecule has 0 spiro atoms. The molecule has 2 aromatic carbocycles. The van der Waals surface area contributed by atoms with Gasteiger partial charge in [0.25, 0.3) is 0 Å². The third-order valence-electron chi connectivity index (χ3n) is 4.96. The van der Waals surface area contributed by atoms with E-state index in [4.69, 9.17) is 22.1 Å². The number of anilines is 2. The molecule has 1 aliphatic heterocycles. The van der Waals surface area contributed by atoms with Gasteiger partial charge in [-0.15, -0.1) is 5.10 Å². The van der Waals surface area contributed by atoms with Crippen LogP contribution in [0, 0.1) is 0 Å². The summed E-state index contributed by atoms with van der Waals surface area (Å²) in [6.45, 7) is 0. The van der Waals surface area contributed by atoms with Gasteiger partial charge in [0, 0.05) is 23.0 Å². The number of fused-ring (bicyclic) bond motifs is 2. The molecular weight excluding hydrogens is 378 g/mol. The maximum Gasteiger partial charge on any atom is 0.238 e. The van der Waals surface area contributed by atoms with E-state index in [1.165, 1.54) is 7.11 Å². The van der Waals surface area contributed by atoms with Crippen molar-refractivity contribution in [3.8, 4) is 22.8 Å². The number of hydrogen-bond donors (Lipinski definition) is 3. The molecule has 3 heterocycles. The lowest BCUT2D eigenvalue weighted by Gasteiger charge is -2.20. The van der Waals surface area contributed by atoms with Crippen LogP contribution in [-0.4, -0.2) is 26.8 Å². The third kappa shape index (κ3) is 2.36. The van der Waals surface area contributed by atoms with Crippen molar-refractivity contribution in [2.75, 3.05) is 18.2 Å². The van der Waals surface area contributed by atoms with Crippen LogP contribution >= 0.6 is 11.6 Å². The topological polar surface area (TPSA) is 97.7 Å².